The second-order valence-electron chi connectivity index (χ2n) is 1.03. The van der Waals surface area contributed by atoms with Crippen LogP contribution in [-0.4, -0.2) is 10.9 Å². The van der Waals surface area contributed by atoms with Crippen LogP contribution in [0.1, 0.15) is 13.8 Å². The average molecular weight is 86.1 g/mol. The molecule has 0 aliphatic carbocycles. The van der Waals surface area contributed by atoms with Crippen molar-refractivity contribution in [2.45, 2.75) is 13.8 Å². The van der Waals surface area contributed by atoms with Crippen molar-refractivity contribution in [1.82, 2.24) is 0 Å². The van der Waals surface area contributed by atoms with Crippen LogP contribution < -0.4 is 0 Å². The molecule has 6 heavy (non-hydrogen) atoms. The molecule has 0 aromatic rings. The lowest BCUT2D eigenvalue weighted by atomic mass is 10.3. The predicted molar refractivity (Wildman–Crippen MR) is 24.9 cm³/mol. The van der Waals surface area contributed by atoms with E-state index in [9.17, 15) is 0 Å². The maximum absolute atomic E-state index is 7.89. The summed E-state index contributed by atoms with van der Waals surface area (Å²) in [5.74, 6) is 0. The molecular formula is C4H8NO. The van der Waals surface area contributed by atoms with Crippen molar-refractivity contribution in [3.63, 3.8) is 0 Å². The summed E-state index contributed by atoms with van der Waals surface area (Å²) in [7, 11) is 0. The molecule has 0 rings (SSSR count). The first-order valence-electron chi connectivity index (χ1n) is 1.79. The van der Waals surface area contributed by atoms with Crippen molar-refractivity contribution in [3.05, 3.63) is 6.42 Å². The highest BCUT2D eigenvalue weighted by atomic mass is 16.4. The molecule has 0 fully saturated rings. The lowest BCUT2D eigenvalue weighted by molar-refractivity contribution is 0.319. The van der Waals surface area contributed by atoms with Gasteiger partial charge in [0.1, 0.15) is 0 Å². The molecule has 0 aromatic heterocycles. The van der Waals surface area contributed by atoms with E-state index in [2.05, 4.69) is 5.16 Å². The molecule has 0 aliphatic heterocycles. The van der Waals surface area contributed by atoms with E-state index in [1.165, 1.54) is 0 Å². The summed E-state index contributed by atoms with van der Waals surface area (Å²) in [6, 6.07) is 0. The van der Waals surface area contributed by atoms with Crippen LogP contribution in [0.2, 0.25) is 0 Å². The van der Waals surface area contributed by atoms with Gasteiger partial charge in [0.2, 0.25) is 0 Å². The lowest BCUT2D eigenvalue weighted by Crippen LogP contribution is -1.84. The smallest absolute Gasteiger partial charge is 0.0574 e. The van der Waals surface area contributed by atoms with Crippen LogP contribution in [0.15, 0.2) is 5.16 Å². The summed E-state index contributed by atoms with van der Waals surface area (Å²) in [5.41, 5.74) is 0.648. The van der Waals surface area contributed by atoms with Crippen molar-refractivity contribution in [1.29, 1.82) is 0 Å². The van der Waals surface area contributed by atoms with Crippen LogP contribution in [0.25, 0.3) is 0 Å². The average Bonchev–Trinajstić information content (AvgIpc) is 1.65. The summed E-state index contributed by atoms with van der Waals surface area (Å²) in [6.07, 6.45) is 1.72. The number of rotatable bonds is 1. The van der Waals surface area contributed by atoms with Crippen molar-refractivity contribution in [3.8, 4) is 0 Å². The van der Waals surface area contributed by atoms with Crippen LogP contribution in [0.5, 0.6) is 0 Å². The molecule has 0 unspecified atom stereocenters. The topological polar surface area (TPSA) is 32.6 Å². The fourth-order valence-corrected chi connectivity index (χ4v) is 0.0577. The molecule has 2 nitrogen and oxygen atoms in total. The van der Waals surface area contributed by atoms with E-state index in [-0.39, 0.29) is 0 Å². The number of oxime groups is 1. The molecule has 0 atom stereocenters. The third-order valence-electron chi connectivity index (χ3n) is 0.576. The molecule has 0 saturated heterocycles. The molecule has 35 valence electrons. The van der Waals surface area contributed by atoms with Gasteiger partial charge in [-0.05, 0) is 6.92 Å². The van der Waals surface area contributed by atoms with Gasteiger partial charge in [-0.15, -0.1) is 0 Å². The first kappa shape index (κ1) is 5.47. The lowest BCUT2D eigenvalue weighted by Gasteiger charge is -1.81. The number of nitrogens with zero attached hydrogens (tertiary/aromatic N) is 1. The van der Waals surface area contributed by atoms with Crippen molar-refractivity contribution < 1.29 is 5.21 Å². The van der Waals surface area contributed by atoms with E-state index < -0.39 is 0 Å². The summed E-state index contributed by atoms with van der Waals surface area (Å²) in [6.45, 7) is 3.54. The zero-order valence-corrected chi connectivity index (χ0v) is 3.97. The van der Waals surface area contributed by atoms with Gasteiger partial charge in [0.05, 0.1) is 5.71 Å². The molecular weight excluding hydrogens is 78.0 g/mol. The maximum atomic E-state index is 7.89. The molecule has 0 aliphatic rings. The Bertz CT molecular complexity index is 58.6. The van der Waals surface area contributed by atoms with Gasteiger partial charge in [-0.3, -0.25) is 0 Å². The summed E-state index contributed by atoms with van der Waals surface area (Å²) in [5, 5.41) is 10.8. The van der Waals surface area contributed by atoms with Gasteiger partial charge in [-0.2, -0.15) is 0 Å². The molecule has 1 N–H and O–H groups in total. The molecule has 0 spiro atoms. The van der Waals surface area contributed by atoms with Gasteiger partial charge < -0.3 is 5.21 Å². The highest BCUT2D eigenvalue weighted by Crippen LogP contribution is 1.76. The standard InChI is InChI=1S/C4H8NO/c1-3-4(2)5-6/h3,6H,1-2H3/b5-4-. The largest absolute Gasteiger partial charge is 0.411 e. The van der Waals surface area contributed by atoms with E-state index in [1.807, 2.05) is 6.92 Å². The minimum Gasteiger partial charge on any atom is -0.411 e. The van der Waals surface area contributed by atoms with Gasteiger partial charge in [-0.1, -0.05) is 12.1 Å². The van der Waals surface area contributed by atoms with Gasteiger partial charge in [0.15, 0.2) is 0 Å². The number of hydrogen-bond donors (Lipinski definition) is 1. The summed E-state index contributed by atoms with van der Waals surface area (Å²) >= 11 is 0. The SMILES string of the molecule is C[CH]/C(C)=N\O. The van der Waals surface area contributed by atoms with E-state index in [1.54, 1.807) is 13.3 Å². The van der Waals surface area contributed by atoms with Crippen molar-refractivity contribution >= 4 is 5.71 Å². The Balaban J connectivity index is 3.22. The van der Waals surface area contributed by atoms with E-state index in [4.69, 9.17) is 5.21 Å². The molecule has 0 heterocycles. The Labute approximate surface area is 37.5 Å². The highest BCUT2D eigenvalue weighted by Gasteiger charge is 1.78. The first-order chi connectivity index (χ1) is 2.81. The quantitative estimate of drug-likeness (QED) is 0.289. The second kappa shape index (κ2) is 2.69. The predicted octanol–water partition coefficient (Wildman–Crippen LogP) is 1.06. The Morgan fingerprint density at radius 2 is 2.33 bits per heavy atom. The van der Waals surface area contributed by atoms with Crippen molar-refractivity contribution in [2.75, 3.05) is 0 Å². The summed E-state index contributed by atoms with van der Waals surface area (Å²) < 4.78 is 0. The molecule has 2 heteroatoms. The number of hydrogen-bond acceptors (Lipinski definition) is 2. The van der Waals surface area contributed by atoms with Crippen molar-refractivity contribution in [2.24, 2.45) is 5.16 Å². The van der Waals surface area contributed by atoms with E-state index in [0.717, 1.165) is 0 Å². The van der Waals surface area contributed by atoms with Crippen LogP contribution in [0.3, 0.4) is 0 Å². The molecule has 0 saturated carbocycles. The Morgan fingerprint density at radius 3 is 2.33 bits per heavy atom. The molecule has 1 radical (unpaired) electrons. The minimum absolute atomic E-state index is 0.648. The van der Waals surface area contributed by atoms with Crippen LogP contribution >= 0.6 is 0 Å². The zero-order valence-electron chi connectivity index (χ0n) is 3.97. The fraction of sp³-hybridized carbons (Fsp3) is 0.500. The van der Waals surface area contributed by atoms with E-state index in [0.29, 0.717) is 5.71 Å². The van der Waals surface area contributed by atoms with Gasteiger partial charge in [0, 0.05) is 6.42 Å². The van der Waals surface area contributed by atoms with Gasteiger partial charge in [-0.25, -0.2) is 0 Å². The van der Waals surface area contributed by atoms with E-state index >= 15 is 0 Å². The third-order valence-corrected chi connectivity index (χ3v) is 0.576. The van der Waals surface area contributed by atoms with Crippen LogP contribution in [0, 0.1) is 6.42 Å². The van der Waals surface area contributed by atoms with Gasteiger partial charge in [0.25, 0.3) is 0 Å². The normalized spacial score (nSPS) is 12.0. The second-order valence-corrected chi connectivity index (χ2v) is 1.03. The zero-order chi connectivity index (χ0) is 4.99. The van der Waals surface area contributed by atoms with Crippen LogP contribution in [0.4, 0.5) is 0 Å². The first-order valence-corrected chi connectivity index (χ1v) is 1.79. The molecule has 0 aromatic carbocycles. The fourth-order valence-electron chi connectivity index (χ4n) is 0.0577. The monoisotopic (exact) mass is 86.1 g/mol. The molecule has 0 amide bonds. The Morgan fingerprint density at radius 1 is 1.83 bits per heavy atom. The molecule has 0 bridgehead atoms. The highest BCUT2D eigenvalue weighted by molar-refractivity contribution is 5.88. The Kier molecular flexibility index (Phi) is 2.46. The maximum Gasteiger partial charge on any atom is 0.0574 e. The Hall–Kier alpha value is -0.530. The minimum atomic E-state index is 0.648. The van der Waals surface area contributed by atoms with Gasteiger partial charge >= 0.3 is 0 Å². The summed E-state index contributed by atoms with van der Waals surface area (Å²) in [4.78, 5) is 0. The third kappa shape index (κ3) is 1.76. The van der Waals surface area contributed by atoms with Crippen LogP contribution in [-0.2, 0) is 0 Å².